The number of nitrogens with two attached hydrogens (primary N) is 1. The van der Waals surface area contributed by atoms with E-state index in [2.05, 4.69) is 23.1 Å². The molecule has 1 heterocycles. The zero-order valence-corrected chi connectivity index (χ0v) is 14.0. The fourth-order valence-corrected chi connectivity index (χ4v) is 2.68. The van der Waals surface area contributed by atoms with Gasteiger partial charge in [0.1, 0.15) is 10.1 Å². The molecular formula is C15H19ClN4S. The molecule has 0 radical (unpaired) electrons. The van der Waals surface area contributed by atoms with Crippen molar-refractivity contribution in [1.82, 2.24) is 14.7 Å². The lowest BCUT2D eigenvalue weighted by atomic mass is 10.1. The third kappa shape index (κ3) is 3.81. The molecule has 2 aromatic rings. The highest BCUT2D eigenvalue weighted by molar-refractivity contribution is 7.80. The smallest absolute Gasteiger partial charge is 0.131 e. The van der Waals surface area contributed by atoms with Gasteiger partial charge in [-0.25, -0.2) is 0 Å². The summed E-state index contributed by atoms with van der Waals surface area (Å²) >= 11 is 11.3. The summed E-state index contributed by atoms with van der Waals surface area (Å²) in [4.78, 5) is 2.61. The van der Waals surface area contributed by atoms with Crippen molar-refractivity contribution in [3.63, 3.8) is 0 Å². The van der Waals surface area contributed by atoms with Crippen LogP contribution in [0.2, 0.25) is 5.15 Å². The van der Waals surface area contributed by atoms with Gasteiger partial charge in [0.05, 0.1) is 5.69 Å². The lowest BCUT2D eigenvalue weighted by molar-refractivity contribution is 0.318. The van der Waals surface area contributed by atoms with Crippen molar-refractivity contribution in [3.05, 3.63) is 51.8 Å². The summed E-state index contributed by atoms with van der Waals surface area (Å²) in [5.74, 6) is 0. The molecule has 0 aliphatic carbocycles. The van der Waals surface area contributed by atoms with Crippen molar-refractivity contribution >= 4 is 28.8 Å². The number of hydrogen-bond donors (Lipinski definition) is 1. The molecule has 6 heteroatoms. The van der Waals surface area contributed by atoms with Gasteiger partial charge in [0.2, 0.25) is 0 Å². The van der Waals surface area contributed by atoms with E-state index in [1.807, 2.05) is 32.2 Å². The minimum atomic E-state index is 0.422. The predicted molar refractivity (Wildman–Crippen MR) is 90.5 cm³/mol. The third-order valence-corrected chi connectivity index (χ3v) is 4.07. The van der Waals surface area contributed by atoms with Gasteiger partial charge in [-0.1, -0.05) is 42.0 Å². The summed E-state index contributed by atoms with van der Waals surface area (Å²) < 4.78 is 1.70. The molecule has 4 nitrogen and oxygen atoms in total. The van der Waals surface area contributed by atoms with E-state index < -0.39 is 0 Å². The minimum absolute atomic E-state index is 0.422. The van der Waals surface area contributed by atoms with Gasteiger partial charge in [-0.2, -0.15) is 5.10 Å². The monoisotopic (exact) mass is 322 g/mol. The van der Waals surface area contributed by atoms with Gasteiger partial charge >= 0.3 is 0 Å². The van der Waals surface area contributed by atoms with Gasteiger partial charge in [0, 0.05) is 31.3 Å². The zero-order valence-electron chi connectivity index (χ0n) is 12.4. The minimum Gasteiger partial charge on any atom is -0.389 e. The van der Waals surface area contributed by atoms with Crippen molar-refractivity contribution in [2.45, 2.75) is 20.0 Å². The molecule has 0 atom stereocenters. The fraction of sp³-hybridized carbons (Fsp3) is 0.333. The second-order valence-electron chi connectivity index (χ2n) is 5.22. The van der Waals surface area contributed by atoms with E-state index in [-0.39, 0.29) is 0 Å². The van der Waals surface area contributed by atoms with E-state index >= 15 is 0 Å². The van der Waals surface area contributed by atoms with Gasteiger partial charge in [-0.15, -0.1) is 0 Å². The van der Waals surface area contributed by atoms with E-state index in [0.717, 1.165) is 29.9 Å². The molecule has 0 aliphatic rings. The molecule has 0 saturated heterocycles. The molecule has 0 bridgehead atoms. The first kappa shape index (κ1) is 15.9. The SMILES string of the molecule is Cc1nn(C)c(Cl)c1CN(C)Cc1cccc(C(N)=S)c1. The Hall–Kier alpha value is -1.43. The molecular weight excluding hydrogens is 304 g/mol. The fourth-order valence-electron chi connectivity index (χ4n) is 2.31. The molecule has 0 spiro atoms. The number of rotatable bonds is 5. The van der Waals surface area contributed by atoms with Crippen LogP contribution in [0.25, 0.3) is 0 Å². The van der Waals surface area contributed by atoms with E-state index in [1.54, 1.807) is 4.68 Å². The average Bonchev–Trinajstić information content (AvgIpc) is 2.65. The van der Waals surface area contributed by atoms with Crippen LogP contribution >= 0.6 is 23.8 Å². The van der Waals surface area contributed by atoms with Crippen LogP contribution in [0.1, 0.15) is 22.4 Å². The van der Waals surface area contributed by atoms with Gasteiger partial charge < -0.3 is 5.73 Å². The van der Waals surface area contributed by atoms with Crippen LogP contribution in [0.15, 0.2) is 24.3 Å². The highest BCUT2D eigenvalue weighted by Gasteiger charge is 2.13. The third-order valence-electron chi connectivity index (χ3n) is 3.36. The van der Waals surface area contributed by atoms with E-state index in [1.165, 1.54) is 5.56 Å². The Morgan fingerprint density at radius 2 is 2.14 bits per heavy atom. The first-order valence-corrected chi connectivity index (χ1v) is 7.42. The maximum Gasteiger partial charge on any atom is 0.131 e. The summed E-state index contributed by atoms with van der Waals surface area (Å²) in [6.45, 7) is 3.51. The molecule has 21 heavy (non-hydrogen) atoms. The number of aryl methyl sites for hydroxylation is 2. The van der Waals surface area contributed by atoms with E-state index in [4.69, 9.17) is 29.6 Å². The molecule has 0 saturated carbocycles. The Balaban J connectivity index is 2.09. The molecule has 0 unspecified atom stereocenters. The molecule has 2 rings (SSSR count). The number of nitrogens with zero attached hydrogens (tertiary/aromatic N) is 3. The Kier molecular flexibility index (Phi) is 4.98. The Morgan fingerprint density at radius 3 is 2.71 bits per heavy atom. The molecule has 1 aromatic heterocycles. The largest absolute Gasteiger partial charge is 0.389 e. The molecule has 0 aliphatic heterocycles. The first-order chi connectivity index (χ1) is 9.88. The van der Waals surface area contributed by atoms with Crippen molar-refractivity contribution in [2.24, 2.45) is 12.8 Å². The van der Waals surface area contributed by atoms with Crippen LogP contribution in [0, 0.1) is 6.92 Å². The van der Waals surface area contributed by atoms with E-state index in [9.17, 15) is 0 Å². The quantitative estimate of drug-likeness (QED) is 0.860. The first-order valence-electron chi connectivity index (χ1n) is 6.63. The second-order valence-corrected chi connectivity index (χ2v) is 6.01. The number of aromatic nitrogens is 2. The number of hydrogen-bond acceptors (Lipinski definition) is 3. The van der Waals surface area contributed by atoms with E-state index in [0.29, 0.717) is 10.1 Å². The topological polar surface area (TPSA) is 47.1 Å². The molecule has 0 amide bonds. The van der Waals surface area contributed by atoms with Crippen LogP contribution in [-0.2, 0) is 20.1 Å². The maximum atomic E-state index is 6.27. The highest BCUT2D eigenvalue weighted by Crippen LogP contribution is 2.20. The summed E-state index contributed by atoms with van der Waals surface area (Å²) in [5, 5.41) is 5.02. The lowest BCUT2D eigenvalue weighted by Gasteiger charge is -2.17. The summed E-state index contributed by atoms with van der Waals surface area (Å²) in [7, 11) is 3.90. The molecule has 112 valence electrons. The zero-order chi connectivity index (χ0) is 15.6. The van der Waals surface area contributed by atoms with Crippen molar-refractivity contribution in [3.8, 4) is 0 Å². The average molecular weight is 323 g/mol. The number of thiocarbonyl (C=S) groups is 1. The van der Waals surface area contributed by atoms with Gasteiger partial charge in [-0.05, 0) is 25.6 Å². The van der Waals surface area contributed by atoms with Crippen molar-refractivity contribution in [2.75, 3.05) is 7.05 Å². The van der Waals surface area contributed by atoms with Crippen LogP contribution in [0.5, 0.6) is 0 Å². The van der Waals surface area contributed by atoms with Crippen LogP contribution in [0.3, 0.4) is 0 Å². The van der Waals surface area contributed by atoms with Crippen molar-refractivity contribution < 1.29 is 0 Å². The lowest BCUT2D eigenvalue weighted by Crippen LogP contribution is -2.18. The predicted octanol–water partition coefficient (Wildman–Crippen LogP) is 2.65. The summed E-state index contributed by atoms with van der Waals surface area (Å²) in [6, 6.07) is 7.99. The maximum absolute atomic E-state index is 6.27. The van der Waals surface area contributed by atoms with Crippen LogP contribution in [0.4, 0.5) is 0 Å². The second kappa shape index (κ2) is 6.56. The molecule has 2 N–H and O–H groups in total. The Labute approximate surface area is 135 Å². The van der Waals surface area contributed by atoms with Gasteiger partial charge in [0.25, 0.3) is 0 Å². The Morgan fingerprint density at radius 1 is 1.43 bits per heavy atom. The van der Waals surface area contributed by atoms with Crippen molar-refractivity contribution in [1.29, 1.82) is 0 Å². The Bertz CT molecular complexity index is 666. The summed E-state index contributed by atoms with van der Waals surface area (Å²) in [6.07, 6.45) is 0. The number of benzene rings is 1. The normalized spacial score (nSPS) is 11.1. The van der Waals surface area contributed by atoms with Gasteiger partial charge in [-0.3, -0.25) is 9.58 Å². The standard InChI is InChI=1S/C15H19ClN4S/c1-10-13(14(16)20(3)18-10)9-19(2)8-11-5-4-6-12(7-11)15(17)21/h4-7H,8-9H2,1-3H3,(H2,17,21). The highest BCUT2D eigenvalue weighted by atomic mass is 35.5. The number of halogens is 1. The van der Waals surface area contributed by atoms with Crippen LogP contribution < -0.4 is 5.73 Å². The van der Waals surface area contributed by atoms with Crippen LogP contribution in [-0.4, -0.2) is 26.7 Å². The molecule has 1 aromatic carbocycles. The van der Waals surface area contributed by atoms with Gasteiger partial charge in [0.15, 0.2) is 0 Å². The molecule has 0 fully saturated rings. The summed E-state index contributed by atoms with van der Waals surface area (Å²) in [5.41, 5.74) is 9.76.